The molecular formula is C10H14N2O3. The van der Waals surface area contributed by atoms with Gasteiger partial charge in [-0.3, -0.25) is 14.5 Å². The minimum atomic E-state index is -0.932. The monoisotopic (exact) mass is 210 g/mol. The second-order valence-electron chi connectivity index (χ2n) is 3.55. The number of carboxylic acid groups (broad SMARTS) is 1. The molecular weight excluding hydrogens is 196 g/mol. The number of nitrogens with zero attached hydrogens (tertiary/aromatic N) is 2. The van der Waals surface area contributed by atoms with E-state index in [1.807, 2.05) is 7.05 Å². The molecule has 5 heteroatoms. The van der Waals surface area contributed by atoms with Gasteiger partial charge in [-0.2, -0.15) is 0 Å². The summed E-state index contributed by atoms with van der Waals surface area (Å²) in [5, 5.41) is 8.51. The average molecular weight is 210 g/mol. The third-order valence-electron chi connectivity index (χ3n) is 1.97. The molecule has 0 bridgehead atoms. The maximum Gasteiger partial charge on any atom is 0.317 e. The Labute approximate surface area is 87.9 Å². The molecule has 15 heavy (non-hydrogen) atoms. The Bertz CT molecular complexity index is 370. The lowest BCUT2D eigenvalue weighted by atomic mass is 10.2. The van der Waals surface area contributed by atoms with Crippen molar-refractivity contribution in [3.05, 3.63) is 24.0 Å². The Morgan fingerprint density at radius 3 is 2.60 bits per heavy atom. The highest BCUT2D eigenvalue weighted by molar-refractivity contribution is 5.97. The van der Waals surface area contributed by atoms with Crippen LogP contribution in [0.2, 0.25) is 0 Å². The van der Waals surface area contributed by atoms with Crippen molar-refractivity contribution in [2.75, 3.05) is 20.1 Å². The van der Waals surface area contributed by atoms with E-state index >= 15 is 0 Å². The van der Waals surface area contributed by atoms with Gasteiger partial charge in [-0.1, -0.05) is 0 Å². The highest BCUT2D eigenvalue weighted by atomic mass is 16.4. The van der Waals surface area contributed by atoms with Gasteiger partial charge in [0.25, 0.3) is 0 Å². The third-order valence-corrected chi connectivity index (χ3v) is 1.97. The fraction of sp³-hybridized carbons (Fsp3) is 0.400. The number of hydrogen-bond acceptors (Lipinski definition) is 3. The van der Waals surface area contributed by atoms with Crippen molar-refractivity contribution < 1.29 is 14.7 Å². The summed E-state index contributed by atoms with van der Waals surface area (Å²) in [7, 11) is 3.44. The van der Waals surface area contributed by atoms with E-state index in [1.165, 1.54) is 4.90 Å². The number of aromatic nitrogens is 1. The Morgan fingerprint density at radius 1 is 1.47 bits per heavy atom. The number of Topliss-reactive ketones (excluding diaryl/α,β-unsaturated/α-hetero) is 1. The smallest absolute Gasteiger partial charge is 0.317 e. The van der Waals surface area contributed by atoms with Crippen LogP contribution in [-0.4, -0.2) is 46.5 Å². The zero-order chi connectivity index (χ0) is 11.4. The molecule has 0 aliphatic rings. The van der Waals surface area contributed by atoms with Gasteiger partial charge in [0, 0.05) is 25.0 Å². The van der Waals surface area contributed by atoms with E-state index < -0.39 is 5.97 Å². The van der Waals surface area contributed by atoms with Crippen molar-refractivity contribution in [2.24, 2.45) is 7.05 Å². The molecule has 0 aliphatic carbocycles. The summed E-state index contributed by atoms with van der Waals surface area (Å²) in [5.41, 5.74) is 0.606. The van der Waals surface area contributed by atoms with Gasteiger partial charge in [0.05, 0.1) is 13.1 Å². The summed E-state index contributed by atoms with van der Waals surface area (Å²) in [4.78, 5) is 23.4. The first-order chi connectivity index (χ1) is 6.99. The zero-order valence-electron chi connectivity index (χ0n) is 8.80. The maximum atomic E-state index is 11.6. The van der Waals surface area contributed by atoms with Gasteiger partial charge in [-0.15, -0.1) is 0 Å². The number of carbonyl (C=O) groups excluding carboxylic acids is 1. The van der Waals surface area contributed by atoms with E-state index in [2.05, 4.69) is 0 Å². The number of rotatable bonds is 5. The first-order valence-electron chi connectivity index (χ1n) is 4.54. The zero-order valence-corrected chi connectivity index (χ0v) is 8.80. The molecule has 1 N–H and O–H groups in total. The number of ketones is 1. The topological polar surface area (TPSA) is 62.5 Å². The van der Waals surface area contributed by atoms with Crippen molar-refractivity contribution in [1.29, 1.82) is 0 Å². The van der Waals surface area contributed by atoms with Crippen molar-refractivity contribution in [3.8, 4) is 0 Å². The van der Waals surface area contributed by atoms with Crippen LogP contribution in [-0.2, 0) is 11.8 Å². The molecule has 0 spiro atoms. The highest BCUT2D eigenvalue weighted by Gasteiger charge is 2.11. The number of carbonyl (C=O) groups is 2. The lowest BCUT2D eigenvalue weighted by molar-refractivity contribution is -0.137. The fourth-order valence-corrected chi connectivity index (χ4v) is 1.29. The van der Waals surface area contributed by atoms with Crippen LogP contribution in [0.25, 0.3) is 0 Å². The summed E-state index contributed by atoms with van der Waals surface area (Å²) >= 11 is 0. The molecule has 0 radical (unpaired) electrons. The normalized spacial score (nSPS) is 10.6. The van der Waals surface area contributed by atoms with Crippen molar-refractivity contribution >= 4 is 11.8 Å². The SMILES string of the molecule is CN(CC(=O)O)CC(=O)c1ccn(C)c1. The minimum Gasteiger partial charge on any atom is -0.480 e. The molecule has 1 rings (SSSR count). The van der Waals surface area contributed by atoms with Crippen LogP contribution in [0.5, 0.6) is 0 Å². The first-order valence-corrected chi connectivity index (χ1v) is 4.54. The molecule has 0 saturated heterocycles. The van der Waals surface area contributed by atoms with E-state index in [9.17, 15) is 9.59 Å². The van der Waals surface area contributed by atoms with Gasteiger partial charge in [0.1, 0.15) is 0 Å². The third kappa shape index (κ3) is 3.55. The maximum absolute atomic E-state index is 11.6. The molecule has 0 aromatic carbocycles. The summed E-state index contributed by atoms with van der Waals surface area (Å²) in [6.07, 6.45) is 3.50. The number of likely N-dealkylation sites (N-methyl/N-ethyl adjacent to an activating group) is 1. The van der Waals surface area contributed by atoms with Crippen LogP contribution in [0.15, 0.2) is 18.5 Å². The van der Waals surface area contributed by atoms with Crippen LogP contribution in [0.3, 0.4) is 0 Å². The van der Waals surface area contributed by atoms with Gasteiger partial charge in [-0.25, -0.2) is 0 Å². The summed E-state index contributed by atoms with van der Waals surface area (Å²) in [6, 6.07) is 1.72. The Hall–Kier alpha value is -1.62. The number of aryl methyl sites for hydroxylation is 1. The number of aliphatic carboxylic acids is 1. The lowest BCUT2D eigenvalue weighted by Crippen LogP contribution is -2.30. The van der Waals surface area contributed by atoms with Gasteiger partial charge >= 0.3 is 5.97 Å². The Morgan fingerprint density at radius 2 is 2.13 bits per heavy atom. The van der Waals surface area contributed by atoms with Crippen LogP contribution in [0.4, 0.5) is 0 Å². The molecule has 82 valence electrons. The molecule has 5 nitrogen and oxygen atoms in total. The first kappa shape index (κ1) is 11.5. The van der Waals surface area contributed by atoms with Crippen molar-refractivity contribution in [2.45, 2.75) is 0 Å². The molecule has 0 fully saturated rings. The summed E-state index contributed by atoms with van der Waals surface area (Å²) < 4.78 is 1.78. The largest absolute Gasteiger partial charge is 0.480 e. The molecule has 0 saturated carbocycles. The predicted octanol–water partition coefficient (Wildman–Crippen LogP) is 0.224. The molecule has 1 aromatic heterocycles. The summed E-state index contributed by atoms with van der Waals surface area (Å²) in [5.74, 6) is -1.00. The molecule has 0 unspecified atom stereocenters. The lowest BCUT2D eigenvalue weighted by Gasteiger charge is -2.11. The predicted molar refractivity (Wildman–Crippen MR) is 54.9 cm³/mol. The standard InChI is InChI=1S/C10H14N2O3/c1-11-4-3-8(5-11)9(13)6-12(2)7-10(14)15/h3-5H,6-7H2,1-2H3,(H,14,15). The Kier molecular flexibility index (Phi) is 3.62. The minimum absolute atomic E-state index is 0.0700. The van der Waals surface area contributed by atoms with Gasteiger partial charge in [0.15, 0.2) is 5.78 Å². The number of hydrogen-bond donors (Lipinski definition) is 1. The fourth-order valence-electron chi connectivity index (χ4n) is 1.29. The van der Waals surface area contributed by atoms with Crippen LogP contribution in [0, 0.1) is 0 Å². The average Bonchev–Trinajstić information content (AvgIpc) is 2.49. The van der Waals surface area contributed by atoms with Crippen molar-refractivity contribution in [3.63, 3.8) is 0 Å². The van der Waals surface area contributed by atoms with E-state index in [4.69, 9.17) is 5.11 Å². The van der Waals surface area contributed by atoms with Gasteiger partial charge in [-0.05, 0) is 13.1 Å². The van der Waals surface area contributed by atoms with Gasteiger partial charge in [0.2, 0.25) is 0 Å². The Balaban J connectivity index is 2.52. The second-order valence-corrected chi connectivity index (χ2v) is 3.55. The van der Waals surface area contributed by atoms with Crippen LogP contribution >= 0.6 is 0 Å². The second kappa shape index (κ2) is 4.75. The van der Waals surface area contributed by atoms with E-state index in [-0.39, 0.29) is 18.9 Å². The van der Waals surface area contributed by atoms with Crippen LogP contribution in [0.1, 0.15) is 10.4 Å². The van der Waals surface area contributed by atoms with Crippen molar-refractivity contribution in [1.82, 2.24) is 9.47 Å². The van der Waals surface area contributed by atoms with E-state index in [0.717, 1.165) is 0 Å². The molecule has 1 aromatic rings. The molecule has 0 amide bonds. The van der Waals surface area contributed by atoms with Gasteiger partial charge < -0.3 is 9.67 Å². The van der Waals surface area contributed by atoms with E-state index in [1.54, 1.807) is 30.1 Å². The quantitative estimate of drug-likeness (QED) is 0.706. The van der Waals surface area contributed by atoms with Crippen LogP contribution < -0.4 is 0 Å². The highest BCUT2D eigenvalue weighted by Crippen LogP contribution is 2.01. The van der Waals surface area contributed by atoms with E-state index in [0.29, 0.717) is 5.56 Å². The molecule has 1 heterocycles. The molecule has 0 atom stereocenters. The summed E-state index contributed by atoms with van der Waals surface area (Å²) in [6.45, 7) is -0.00507. The molecule has 0 aliphatic heterocycles. The number of carboxylic acids is 1.